The van der Waals surface area contributed by atoms with Crippen molar-refractivity contribution in [3.8, 4) is 11.5 Å². The summed E-state index contributed by atoms with van der Waals surface area (Å²) in [6, 6.07) is 20.2. The largest absolute Gasteiger partial charge is 0.584 e. The molecular weight excluding hydrogens is 417 g/mol. The number of hydrogen-bond donors (Lipinski definition) is 1. The minimum atomic E-state index is -4.53. The number of non-ortho nitro benzene ring substituents is 1. The zero-order valence-corrected chi connectivity index (χ0v) is 16.8. The molecule has 1 unspecified atom stereocenters. The molecule has 0 saturated carbocycles. The second-order valence-electron chi connectivity index (χ2n) is 6.14. The van der Waals surface area contributed by atoms with Gasteiger partial charge in [0.15, 0.2) is 0 Å². The predicted molar refractivity (Wildman–Crippen MR) is 109 cm³/mol. The molecule has 0 amide bonds. The van der Waals surface area contributed by atoms with Crippen LogP contribution in [0.3, 0.4) is 0 Å². The highest BCUT2D eigenvalue weighted by atomic mass is 35.5. The molecule has 0 heterocycles. The SMILES string of the molecule is O=[N+]([O-])c1ccc(OP(=O)(O)Oc2ccc(Cc3ccccc3)cc2)c(CCl)c1. The van der Waals surface area contributed by atoms with Crippen LogP contribution in [0.2, 0.25) is 0 Å². The Labute approximate surface area is 172 Å². The molecule has 0 aliphatic heterocycles. The predicted octanol–water partition coefficient (Wildman–Crippen LogP) is 5.48. The first-order chi connectivity index (χ1) is 13.9. The number of nitro benzene ring substituents is 1. The molecule has 9 heteroatoms. The Kier molecular flexibility index (Phi) is 6.54. The number of halogens is 1. The van der Waals surface area contributed by atoms with E-state index in [2.05, 4.69) is 0 Å². The van der Waals surface area contributed by atoms with E-state index in [0.29, 0.717) is 0 Å². The Morgan fingerprint density at radius 1 is 0.966 bits per heavy atom. The van der Waals surface area contributed by atoms with Gasteiger partial charge in [0.2, 0.25) is 0 Å². The maximum Gasteiger partial charge on any atom is 0.584 e. The van der Waals surface area contributed by atoms with Crippen molar-refractivity contribution in [1.29, 1.82) is 0 Å². The summed E-state index contributed by atoms with van der Waals surface area (Å²) in [6.07, 6.45) is 0.719. The average Bonchev–Trinajstić information content (AvgIpc) is 2.70. The zero-order chi connectivity index (χ0) is 20.9. The normalized spacial score (nSPS) is 12.8. The van der Waals surface area contributed by atoms with Crippen molar-refractivity contribution in [1.82, 2.24) is 0 Å². The molecule has 0 radical (unpaired) electrons. The number of phosphoric ester groups is 1. The molecule has 0 aromatic heterocycles. The molecule has 7 nitrogen and oxygen atoms in total. The minimum absolute atomic E-state index is 0.0582. The van der Waals surface area contributed by atoms with E-state index in [0.717, 1.165) is 23.6 Å². The fourth-order valence-corrected chi connectivity index (χ4v) is 3.71. The molecule has 0 spiro atoms. The first kappa shape index (κ1) is 20.9. The van der Waals surface area contributed by atoms with Gasteiger partial charge in [-0.1, -0.05) is 42.5 Å². The van der Waals surface area contributed by atoms with Gasteiger partial charge in [0.1, 0.15) is 11.5 Å². The Hall–Kier alpha value is -2.86. The van der Waals surface area contributed by atoms with Crippen molar-refractivity contribution < 1.29 is 23.4 Å². The number of benzene rings is 3. The lowest BCUT2D eigenvalue weighted by atomic mass is 10.1. The Balaban J connectivity index is 1.69. The van der Waals surface area contributed by atoms with E-state index in [1.165, 1.54) is 12.1 Å². The molecule has 29 heavy (non-hydrogen) atoms. The van der Waals surface area contributed by atoms with Crippen LogP contribution < -0.4 is 9.05 Å². The molecule has 3 rings (SSSR count). The Bertz CT molecular complexity index is 1040. The van der Waals surface area contributed by atoms with Gasteiger partial charge in [-0.3, -0.25) is 15.0 Å². The first-order valence-corrected chi connectivity index (χ1v) is 10.6. The van der Waals surface area contributed by atoms with Crippen molar-refractivity contribution in [2.45, 2.75) is 12.3 Å². The molecule has 0 aliphatic rings. The molecule has 3 aromatic rings. The monoisotopic (exact) mass is 433 g/mol. The van der Waals surface area contributed by atoms with E-state index in [4.69, 9.17) is 20.6 Å². The quantitative estimate of drug-likeness (QED) is 0.218. The third-order valence-corrected chi connectivity index (χ3v) is 5.16. The van der Waals surface area contributed by atoms with Crippen LogP contribution in [-0.4, -0.2) is 9.82 Å². The number of alkyl halides is 1. The molecule has 0 saturated heterocycles. The van der Waals surface area contributed by atoms with Gasteiger partial charge in [-0.05, 0) is 35.7 Å². The molecule has 1 atom stereocenters. The van der Waals surface area contributed by atoms with Crippen LogP contribution in [0.4, 0.5) is 5.69 Å². The van der Waals surface area contributed by atoms with Crippen LogP contribution in [0.1, 0.15) is 16.7 Å². The topological polar surface area (TPSA) is 98.9 Å². The lowest BCUT2D eigenvalue weighted by Gasteiger charge is -2.15. The maximum atomic E-state index is 12.3. The molecule has 150 valence electrons. The van der Waals surface area contributed by atoms with Gasteiger partial charge in [0, 0.05) is 17.7 Å². The van der Waals surface area contributed by atoms with Crippen molar-refractivity contribution in [2.75, 3.05) is 0 Å². The highest BCUT2D eigenvalue weighted by molar-refractivity contribution is 7.48. The van der Waals surface area contributed by atoms with E-state index < -0.39 is 12.7 Å². The summed E-state index contributed by atoms with van der Waals surface area (Å²) in [5.74, 6) is -0.0373. The highest BCUT2D eigenvalue weighted by Gasteiger charge is 2.27. The van der Waals surface area contributed by atoms with Gasteiger partial charge in [-0.15, -0.1) is 11.6 Å². The number of nitro groups is 1. The van der Waals surface area contributed by atoms with Crippen LogP contribution in [0, 0.1) is 10.1 Å². The summed E-state index contributed by atoms with van der Waals surface area (Å²) >= 11 is 5.77. The smallest absolute Gasteiger partial charge is 0.395 e. The highest BCUT2D eigenvalue weighted by Crippen LogP contribution is 2.46. The number of hydrogen-bond acceptors (Lipinski definition) is 5. The fraction of sp³-hybridized carbons (Fsp3) is 0.100. The molecule has 0 aliphatic carbocycles. The van der Waals surface area contributed by atoms with Crippen molar-refractivity contribution in [3.63, 3.8) is 0 Å². The van der Waals surface area contributed by atoms with E-state index in [9.17, 15) is 19.6 Å². The summed E-state index contributed by atoms with van der Waals surface area (Å²) in [6.45, 7) is 0. The third kappa shape index (κ3) is 5.81. The Morgan fingerprint density at radius 3 is 2.24 bits per heavy atom. The summed E-state index contributed by atoms with van der Waals surface area (Å²) in [5, 5.41) is 10.8. The van der Waals surface area contributed by atoms with Gasteiger partial charge in [-0.2, -0.15) is 0 Å². The first-order valence-electron chi connectivity index (χ1n) is 8.54. The van der Waals surface area contributed by atoms with Crippen molar-refractivity contribution in [2.24, 2.45) is 0 Å². The van der Waals surface area contributed by atoms with Gasteiger partial charge >= 0.3 is 7.82 Å². The van der Waals surface area contributed by atoms with E-state index in [-0.39, 0.29) is 28.6 Å². The van der Waals surface area contributed by atoms with Gasteiger partial charge in [-0.25, -0.2) is 4.57 Å². The van der Waals surface area contributed by atoms with Crippen LogP contribution in [0.25, 0.3) is 0 Å². The van der Waals surface area contributed by atoms with Crippen LogP contribution in [-0.2, 0) is 16.9 Å². The number of rotatable bonds is 8. The molecule has 3 aromatic carbocycles. The maximum absolute atomic E-state index is 12.3. The van der Waals surface area contributed by atoms with Crippen LogP contribution in [0.15, 0.2) is 72.8 Å². The van der Waals surface area contributed by atoms with Gasteiger partial charge < -0.3 is 9.05 Å². The van der Waals surface area contributed by atoms with Gasteiger partial charge in [0.25, 0.3) is 5.69 Å². The molecule has 1 N–H and O–H groups in total. The van der Waals surface area contributed by atoms with Crippen molar-refractivity contribution in [3.05, 3.63) is 99.6 Å². The van der Waals surface area contributed by atoms with E-state index >= 15 is 0 Å². The standard InChI is InChI=1S/C20H17ClNO6P/c21-14-17-13-18(22(23)24)8-11-20(17)28-29(25,26)27-19-9-6-16(7-10-19)12-15-4-2-1-3-5-15/h1-11,13H,12,14H2,(H,25,26). The van der Waals surface area contributed by atoms with E-state index in [1.807, 2.05) is 30.3 Å². The number of phosphoric acid groups is 1. The molecule has 0 bridgehead atoms. The summed E-state index contributed by atoms with van der Waals surface area (Å²) in [7, 11) is -4.53. The average molecular weight is 434 g/mol. The second kappa shape index (κ2) is 9.09. The van der Waals surface area contributed by atoms with Crippen LogP contribution in [0.5, 0.6) is 11.5 Å². The minimum Gasteiger partial charge on any atom is -0.395 e. The summed E-state index contributed by atoms with van der Waals surface area (Å²) in [4.78, 5) is 20.3. The zero-order valence-electron chi connectivity index (χ0n) is 15.1. The molecular formula is C20H17ClNO6P. The van der Waals surface area contributed by atoms with E-state index in [1.54, 1.807) is 24.3 Å². The molecule has 0 fully saturated rings. The summed E-state index contributed by atoms with van der Waals surface area (Å²) < 4.78 is 22.5. The lowest BCUT2D eigenvalue weighted by Crippen LogP contribution is -2.02. The fourth-order valence-electron chi connectivity index (χ4n) is 2.65. The second-order valence-corrected chi connectivity index (χ2v) is 7.71. The summed E-state index contributed by atoms with van der Waals surface area (Å²) in [5.41, 5.74) is 2.16. The van der Waals surface area contributed by atoms with Gasteiger partial charge in [0.05, 0.1) is 10.8 Å². The Morgan fingerprint density at radius 2 is 1.62 bits per heavy atom. The van der Waals surface area contributed by atoms with Crippen LogP contribution >= 0.6 is 19.4 Å². The third-order valence-electron chi connectivity index (χ3n) is 4.01. The lowest BCUT2D eigenvalue weighted by molar-refractivity contribution is -0.384. The van der Waals surface area contributed by atoms with Crippen molar-refractivity contribution >= 4 is 25.1 Å². The number of nitrogens with zero attached hydrogens (tertiary/aromatic N) is 1.